The van der Waals surface area contributed by atoms with Crippen LogP contribution >= 0.6 is 0 Å². The van der Waals surface area contributed by atoms with E-state index in [-0.39, 0.29) is 5.91 Å². The van der Waals surface area contributed by atoms with Crippen molar-refractivity contribution >= 4 is 12.1 Å². The van der Waals surface area contributed by atoms with Crippen LogP contribution in [0.4, 0.5) is 0 Å². The van der Waals surface area contributed by atoms with Gasteiger partial charge in [0.1, 0.15) is 5.76 Å². The fourth-order valence-electron chi connectivity index (χ4n) is 2.23. The topological polar surface area (TPSA) is 54.6 Å². The Labute approximate surface area is 118 Å². The lowest BCUT2D eigenvalue weighted by atomic mass is 10.0. The van der Waals surface area contributed by atoms with Crippen molar-refractivity contribution in [3.05, 3.63) is 58.0 Å². The van der Waals surface area contributed by atoms with Crippen LogP contribution in [0, 0.1) is 27.7 Å². The first kappa shape index (κ1) is 14.1. The van der Waals surface area contributed by atoms with Crippen molar-refractivity contribution in [2.24, 2.45) is 5.10 Å². The lowest BCUT2D eigenvalue weighted by molar-refractivity contribution is 0.0953. The molecular formula is C16H18N2O2. The van der Waals surface area contributed by atoms with E-state index in [1.54, 1.807) is 19.2 Å². The number of hydrazone groups is 1. The molecule has 1 heterocycles. The van der Waals surface area contributed by atoms with Crippen LogP contribution in [0.1, 0.15) is 38.4 Å². The van der Waals surface area contributed by atoms with Gasteiger partial charge in [-0.15, -0.1) is 0 Å². The molecule has 0 aliphatic carbocycles. The molecule has 1 aromatic carbocycles. The Hall–Kier alpha value is -2.36. The normalized spacial score (nSPS) is 11.0. The maximum absolute atomic E-state index is 11.9. The number of nitrogens with one attached hydrogen (secondary N) is 1. The summed E-state index contributed by atoms with van der Waals surface area (Å²) in [5.41, 5.74) is 7.54. The van der Waals surface area contributed by atoms with Crippen molar-refractivity contribution < 1.29 is 9.21 Å². The number of rotatable bonds is 3. The van der Waals surface area contributed by atoms with Crippen molar-refractivity contribution in [3.63, 3.8) is 0 Å². The van der Waals surface area contributed by atoms with Crippen molar-refractivity contribution in [1.29, 1.82) is 0 Å². The molecule has 0 saturated carbocycles. The number of amides is 1. The number of hydrogen-bond acceptors (Lipinski definition) is 3. The predicted octanol–water partition coefficient (Wildman–Crippen LogP) is 3.28. The maximum Gasteiger partial charge on any atom is 0.274 e. The van der Waals surface area contributed by atoms with E-state index < -0.39 is 0 Å². The average Bonchev–Trinajstić information content (AvgIpc) is 2.78. The first-order valence-corrected chi connectivity index (χ1v) is 6.44. The fourth-order valence-corrected chi connectivity index (χ4v) is 2.23. The van der Waals surface area contributed by atoms with Crippen molar-refractivity contribution in [3.8, 4) is 0 Å². The molecule has 4 heteroatoms. The minimum Gasteiger partial charge on any atom is -0.469 e. The van der Waals surface area contributed by atoms with Crippen LogP contribution in [-0.4, -0.2) is 12.1 Å². The van der Waals surface area contributed by atoms with Gasteiger partial charge in [0, 0.05) is 5.56 Å². The van der Waals surface area contributed by atoms with Gasteiger partial charge in [-0.05, 0) is 44.9 Å². The van der Waals surface area contributed by atoms with Crippen molar-refractivity contribution in [2.45, 2.75) is 27.7 Å². The van der Waals surface area contributed by atoms with Crippen molar-refractivity contribution in [1.82, 2.24) is 5.43 Å². The summed E-state index contributed by atoms with van der Waals surface area (Å²) < 4.78 is 5.09. The van der Waals surface area contributed by atoms with E-state index in [9.17, 15) is 4.79 Å². The Morgan fingerprint density at radius 3 is 2.40 bits per heavy atom. The second kappa shape index (κ2) is 5.74. The lowest BCUT2D eigenvalue weighted by Gasteiger charge is -2.06. The zero-order valence-corrected chi connectivity index (χ0v) is 12.2. The number of carbonyl (C=O) groups is 1. The molecule has 0 aliphatic rings. The quantitative estimate of drug-likeness (QED) is 0.687. The molecule has 1 amide bonds. The number of nitrogens with zero attached hydrogens (tertiary/aromatic N) is 1. The molecule has 0 atom stereocenters. The molecule has 4 nitrogen and oxygen atoms in total. The third-order valence-corrected chi connectivity index (χ3v) is 3.20. The highest BCUT2D eigenvalue weighted by atomic mass is 16.3. The summed E-state index contributed by atoms with van der Waals surface area (Å²) in [4.78, 5) is 11.9. The summed E-state index contributed by atoms with van der Waals surface area (Å²) in [5.74, 6) is 0.315. The van der Waals surface area contributed by atoms with E-state index in [1.807, 2.05) is 13.8 Å². The Morgan fingerprint density at radius 2 is 1.85 bits per heavy atom. The van der Waals surface area contributed by atoms with Crippen LogP contribution in [0.5, 0.6) is 0 Å². The summed E-state index contributed by atoms with van der Waals surface area (Å²) in [6, 6.07) is 5.81. The zero-order chi connectivity index (χ0) is 14.7. The number of carbonyl (C=O) groups excluding carboxylic acids is 1. The number of furan rings is 1. The van der Waals surface area contributed by atoms with Crippen molar-refractivity contribution in [2.75, 3.05) is 0 Å². The fraction of sp³-hybridized carbons (Fsp3) is 0.250. The minimum atomic E-state index is -0.269. The zero-order valence-electron chi connectivity index (χ0n) is 12.2. The van der Waals surface area contributed by atoms with Gasteiger partial charge in [-0.1, -0.05) is 17.7 Å². The SMILES string of the molecule is Cc1cc(C)c(/C=N\NC(=O)c2ccoc2C)c(C)c1. The van der Waals surface area contributed by atoms with Gasteiger partial charge in [0.25, 0.3) is 5.91 Å². The summed E-state index contributed by atoms with van der Waals surface area (Å²) in [7, 11) is 0. The molecule has 0 unspecified atom stereocenters. The first-order valence-electron chi connectivity index (χ1n) is 6.44. The van der Waals surface area contributed by atoms with Crippen LogP contribution in [0.25, 0.3) is 0 Å². The molecular weight excluding hydrogens is 252 g/mol. The molecule has 1 N–H and O–H groups in total. The number of aryl methyl sites for hydroxylation is 4. The van der Waals surface area contributed by atoms with Gasteiger partial charge >= 0.3 is 0 Å². The Bertz CT molecular complexity index is 646. The molecule has 20 heavy (non-hydrogen) atoms. The number of hydrogen-bond donors (Lipinski definition) is 1. The maximum atomic E-state index is 11.9. The standard InChI is InChI=1S/C16H18N2O2/c1-10-7-11(2)15(12(3)8-10)9-17-18-16(19)14-5-6-20-13(14)4/h5-9H,1-4H3,(H,18,19)/b17-9-. The number of benzene rings is 1. The Morgan fingerprint density at radius 1 is 1.20 bits per heavy atom. The minimum absolute atomic E-state index is 0.269. The summed E-state index contributed by atoms with van der Waals surface area (Å²) >= 11 is 0. The summed E-state index contributed by atoms with van der Waals surface area (Å²) in [6.45, 7) is 7.87. The molecule has 2 rings (SSSR count). The van der Waals surface area contributed by atoms with Gasteiger partial charge in [0.05, 0.1) is 18.0 Å². The summed E-state index contributed by atoms with van der Waals surface area (Å²) in [6.07, 6.45) is 3.17. The molecule has 104 valence electrons. The highest BCUT2D eigenvalue weighted by molar-refractivity contribution is 5.95. The van der Waals surface area contributed by atoms with Crippen LogP contribution in [0.15, 0.2) is 34.0 Å². The first-order chi connectivity index (χ1) is 9.49. The molecule has 0 fully saturated rings. The molecule has 0 bridgehead atoms. The highest BCUT2D eigenvalue weighted by Crippen LogP contribution is 2.14. The Kier molecular flexibility index (Phi) is 4.03. The van der Waals surface area contributed by atoms with Gasteiger partial charge < -0.3 is 4.42 Å². The third kappa shape index (κ3) is 2.96. The molecule has 0 spiro atoms. The molecule has 2 aromatic rings. The average molecular weight is 270 g/mol. The van der Waals surface area contributed by atoms with Gasteiger partial charge in [-0.25, -0.2) is 5.43 Å². The highest BCUT2D eigenvalue weighted by Gasteiger charge is 2.10. The van der Waals surface area contributed by atoms with Crippen LogP contribution in [0.2, 0.25) is 0 Å². The van der Waals surface area contributed by atoms with E-state index in [4.69, 9.17) is 4.42 Å². The third-order valence-electron chi connectivity index (χ3n) is 3.20. The monoisotopic (exact) mass is 270 g/mol. The van der Waals surface area contributed by atoms with Gasteiger partial charge in [-0.3, -0.25) is 4.79 Å². The van der Waals surface area contributed by atoms with E-state index >= 15 is 0 Å². The van der Waals surface area contributed by atoms with Gasteiger partial charge in [0.2, 0.25) is 0 Å². The Balaban J connectivity index is 2.12. The van der Waals surface area contributed by atoms with Crippen LogP contribution in [-0.2, 0) is 0 Å². The second-order valence-electron chi connectivity index (χ2n) is 4.90. The second-order valence-corrected chi connectivity index (χ2v) is 4.90. The van der Waals surface area contributed by atoms with Gasteiger partial charge in [0.15, 0.2) is 0 Å². The van der Waals surface area contributed by atoms with E-state index in [1.165, 1.54) is 11.8 Å². The molecule has 0 saturated heterocycles. The van der Waals surface area contributed by atoms with E-state index in [0.29, 0.717) is 11.3 Å². The van der Waals surface area contributed by atoms with E-state index in [2.05, 4.69) is 29.6 Å². The van der Waals surface area contributed by atoms with E-state index in [0.717, 1.165) is 16.7 Å². The van der Waals surface area contributed by atoms with Crippen LogP contribution in [0.3, 0.4) is 0 Å². The summed E-state index contributed by atoms with van der Waals surface area (Å²) in [5, 5.41) is 4.02. The molecule has 1 aromatic heterocycles. The molecule has 0 radical (unpaired) electrons. The van der Waals surface area contributed by atoms with Gasteiger partial charge in [-0.2, -0.15) is 5.10 Å². The predicted molar refractivity (Wildman–Crippen MR) is 79.2 cm³/mol. The smallest absolute Gasteiger partial charge is 0.274 e. The molecule has 0 aliphatic heterocycles. The lowest BCUT2D eigenvalue weighted by Crippen LogP contribution is -2.18. The largest absolute Gasteiger partial charge is 0.469 e. The van der Waals surface area contributed by atoms with Crippen LogP contribution < -0.4 is 5.43 Å².